The van der Waals surface area contributed by atoms with Crippen LogP contribution in [0.15, 0.2) is 15.4 Å². The second-order valence-electron chi connectivity index (χ2n) is 2.43. The predicted octanol–water partition coefficient (Wildman–Crippen LogP) is 0.694. The van der Waals surface area contributed by atoms with Gasteiger partial charge in [0.25, 0.3) is 5.89 Å². The Bertz CT molecular complexity index is 370. The van der Waals surface area contributed by atoms with Gasteiger partial charge in [-0.15, -0.1) is 11.3 Å². The predicted molar refractivity (Wildman–Crippen MR) is 48.2 cm³/mol. The van der Waals surface area contributed by atoms with Gasteiger partial charge < -0.3 is 10.3 Å². The SMILES string of the molecule is NCCc1noc(-c2cscn2)n1. The molecule has 6 heteroatoms. The molecule has 2 aromatic heterocycles. The number of hydrogen-bond donors (Lipinski definition) is 1. The quantitative estimate of drug-likeness (QED) is 0.781. The second-order valence-corrected chi connectivity index (χ2v) is 3.15. The summed E-state index contributed by atoms with van der Waals surface area (Å²) in [7, 11) is 0. The van der Waals surface area contributed by atoms with Crippen LogP contribution in [0.5, 0.6) is 0 Å². The molecule has 0 saturated heterocycles. The highest BCUT2D eigenvalue weighted by molar-refractivity contribution is 7.07. The summed E-state index contributed by atoms with van der Waals surface area (Å²) in [5.74, 6) is 1.09. The van der Waals surface area contributed by atoms with Gasteiger partial charge in [-0.2, -0.15) is 4.98 Å². The van der Waals surface area contributed by atoms with E-state index in [1.54, 1.807) is 5.51 Å². The molecular formula is C7H8N4OS. The molecule has 0 aliphatic rings. The summed E-state index contributed by atoms with van der Waals surface area (Å²) in [6, 6.07) is 0. The molecule has 2 aromatic rings. The standard InChI is InChI=1S/C7H8N4OS/c8-2-1-6-10-7(12-11-6)5-3-13-4-9-5/h3-4H,1-2,8H2. The van der Waals surface area contributed by atoms with E-state index in [4.69, 9.17) is 10.3 Å². The third-order valence-corrected chi connectivity index (χ3v) is 2.07. The molecule has 0 amide bonds. The number of nitrogens with zero attached hydrogens (tertiary/aromatic N) is 3. The molecule has 5 nitrogen and oxygen atoms in total. The van der Waals surface area contributed by atoms with Gasteiger partial charge in [0.2, 0.25) is 0 Å². The van der Waals surface area contributed by atoms with Gasteiger partial charge in [0.1, 0.15) is 5.69 Å². The van der Waals surface area contributed by atoms with Crippen molar-refractivity contribution in [2.75, 3.05) is 6.54 Å². The van der Waals surface area contributed by atoms with Crippen LogP contribution in [0.4, 0.5) is 0 Å². The maximum Gasteiger partial charge on any atom is 0.277 e. The van der Waals surface area contributed by atoms with Crippen molar-refractivity contribution in [1.82, 2.24) is 15.1 Å². The Hall–Kier alpha value is -1.27. The van der Waals surface area contributed by atoms with Crippen LogP contribution in [0.25, 0.3) is 11.6 Å². The van der Waals surface area contributed by atoms with Crippen molar-refractivity contribution < 1.29 is 4.52 Å². The minimum Gasteiger partial charge on any atom is -0.332 e. The van der Waals surface area contributed by atoms with Crippen molar-refractivity contribution in [3.8, 4) is 11.6 Å². The van der Waals surface area contributed by atoms with Crippen molar-refractivity contribution >= 4 is 11.3 Å². The first-order valence-corrected chi connectivity index (χ1v) is 4.75. The molecule has 13 heavy (non-hydrogen) atoms. The van der Waals surface area contributed by atoms with E-state index < -0.39 is 0 Å². The number of aromatic nitrogens is 3. The molecule has 2 rings (SSSR count). The highest BCUT2D eigenvalue weighted by atomic mass is 32.1. The van der Waals surface area contributed by atoms with Crippen molar-refractivity contribution in [3.63, 3.8) is 0 Å². The zero-order valence-electron chi connectivity index (χ0n) is 6.80. The average Bonchev–Trinajstić information content (AvgIpc) is 2.70. The van der Waals surface area contributed by atoms with E-state index in [0.717, 1.165) is 5.69 Å². The molecule has 0 aromatic carbocycles. The van der Waals surface area contributed by atoms with Gasteiger partial charge in [0.15, 0.2) is 5.82 Å². The summed E-state index contributed by atoms with van der Waals surface area (Å²) in [5.41, 5.74) is 7.80. The van der Waals surface area contributed by atoms with Crippen molar-refractivity contribution in [1.29, 1.82) is 0 Å². The Balaban J connectivity index is 2.23. The summed E-state index contributed by atoms with van der Waals surface area (Å²) in [4.78, 5) is 8.18. The van der Waals surface area contributed by atoms with Crippen molar-refractivity contribution in [3.05, 3.63) is 16.7 Å². The fourth-order valence-electron chi connectivity index (χ4n) is 0.907. The van der Waals surface area contributed by atoms with Crippen LogP contribution in [-0.2, 0) is 6.42 Å². The molecule has 0 spiro atoms. The Morgan fingerprint density at radius 1 is 1.54 bits per heavy atom. The van der Waals surface area contributed by atoms with Gasteiger partial charge in [0, 0.05) is 11.8 Å². The lowest BCUT2D eigenvalue weighted by Gasteiger charge is -1.83. The lowest BCUT2D eigenvalue weighted by atomic mass is 10.4. The topological polar surface area (TPSA) is 77.8 Å². The van der Waals surface area contributed by atoms with E-state index in [9.17, 15) is 0 Å². The van der Waals surface area contributed by atoms with E-state index in [1.165, 1.54) is 11.3 Å². The fourth-order valence-corrected chi connectivity index (χ4v) is 1.43. The van der Waals surface area contributed by atoms with Gasteiger partial charge in [-0.05, 0) is 6.54 Å². The molecule has 0 unspecified atom stereocenters. The molecule has 2 N–H and O–H groups in total. The summed E-state index contributed by atoms with van der Waals surface area (Å²) >= 11 is 1.49. The van der Waals surface area contributed by atoms with Crippen LogP contribution in [0.3, 0.4) is 0 Å². The van der Waals surface area contributed by atoms with Crippen LogP contribution >= 0.6 is 11.3 Å². The first kappa shape index (κ1) is 8.33. The van der Waals surface area contributed by atoms with Crippen LogP contribution in [-0.4, -0.2) is 21.7 Å². The monoisotopic (exact) mass is 196 g/mol. The Morgan fingerprint density at radius 3 is 3.15 bits per heavy atom. The average molecular weight is 196 g/mol. The van der Waals surface area contributed by atoms with Gasteiger partial charge in [-0.25, -0.2) is 4.98 Å². The zero-order valence-corrected chi connectivity index (χ0v) is 7.62. The Labute approximate surface area is 78.6 Å². The Morgan fingerprint density at radius 2 is 2.46 bits per heavy atom. The van der Waals surface area contributed by atoms with Crippen LogP contribution in [0, 0.1) is 0 Å². The van der Waals surface area contributed by atoms with E-state index in [1.807, 2.05) is 5.38 Å². The fraction of sp³-hybridized carbons (Fsp3) is 0.286. The summed E-state index contributed by atoms with van der Waals surface area (Å²) in [5, 5.41) is 5.62. The molecule has 0 bridgehead atoms. The van der Waals surface area contributed by atoms with Gasteiger partial charge >= 0.3 is 0 Å². The molecule has 0 saturated carbocycles. The van der Waals surface area contributed by atoms with Gasteiger partial charge in [0.05, 0.1) is 5.51 Å². The molecule has 0 fully saturated rings. The van der Waals surface area contributed by atoms with E-state index >= 15 is 0 Å². The van der Waals surface area contributed by atoms with E-state index in [-0.39, 0.29) is 0 Å². The largest absolute Gasteiger partial charge is 0.332 e. The minimum absolute atomic E-state index is 0.463. The van der Waals surface area contributed by atoms with E-state index in [2.05, 4.69) is 15.1 Å². The second kappa shape index (κ2) is 3.63. The first-order valence-electron chi connectivity index (χ1n) is 3.81. The van der Waals surface area contributed by atoms with Gasteiger partial charge in [-0.3, -0.25) is 0 Å². The number of nitrogens with two attached hydrogens (primary N) is 1. The maximum absolute atomic E-state index is 5.35. The summed E-state index contributed by atoms with van der Waals surface area (Å²) in [6.45, 7) is 0.524. The molecule has 0 aliphatic heterocycles. The number of thiazole rings is 1. The van der Waals surface area contributed by atoms with Crippen molar-refractivity contribution in [2.45, 2.75) is 6.42 Å². The normalized spacial score (nSPS) is 10.5. The summed E-state index contributed by atoms with van der Waals surface area (Å²) in [6.07, 6.45) is 0.633. The van der Waals surface area contributed by atoms with Crippen LogP contribution in [0.2, 0.25) is 0 Å². The first-order chi connectivity index (χ1) is 6.40. The highest BCUT2D eigenvalue weighted by Crippen LogP contribution is 2.16. The molecule has 68 valence electrons. The number of hydrogen-bond acceptors (Lipinski definition) is 6. The van der Waals surface area contributed by atoms with Crippen LogP contribution < -0.4 is 5.73 Å². The van der Waals surface area contributed by atoms with E-state index in [0.29, 0.717) is 24.7 Å². The molecule has 0 radical (unpaired) electrons. The number of rotatable bonds is 3. The maximum atomic E-state index is 5.35. The molecule has 0 atom stereocenters. The highest BCUT2D eigenvalue weighted by Gasteiger charge is 2.08. The molecule has 0 aliphatic carbocycles. The summed E-state index contributed by atoms with van der Waals surface area (Å²) < 4.78 is 4.99. The lowest BCUT2D eigenvalue weighted by Crippen LogP contribution is -2.03. The third-order valence-electron chi connectivity index (χ3n) is 1.49. The molecule has 2 heterocycles. The van der Waals surface area contributed by atoms with Gasteiger partial charge in [-0.1, -0.05) is 5.16 Å². The van der Waals surface area contributed by atoms with Crippen LogP contribution in [0.1, 0.15) is 5.82 Å². The Kier molecular flexibility index (Phi) is 2.33. The lowest BCUT2D eigenvalue weighted by molar-refractivity contribution is 0.421. The smallest absolute Gasteiger partial charge is 0.277 e. The minimum atomic E-state index is 0.463. The van der Waals surface area contributed by atoms with Crippen molar-refractivity contribution in [2.24, 2.45) is 5.73 Å². The zero-order chi connectivity index (χ0) is 9.10. The third kappa shape index (κ3) is 1.73. The molecular weight excluding hydrogens is 188 g/mol.